The summed E-state index contributed by atoms with van der Waals surface area (Å²) in [6, 6.07) is 59.3. The molecular formula is C51H27N3S2. The minimum atomic E-state index is 0.664. The first-order valence-electron chi connectivity index (χ1n) is 18.8. The molecule has 0 amide bonds. The lowest BCUT2D eigenvalue weighted by Crippen LogP contribution is -2.01. The molecule has 9 aromatic carbocycles. The molecule has 1 aliphatic carbocycles. The fourth-order valence-corrected chi connectivity index (χ4v) is 11.7. The Balaban J connectivity index is 1.15. The van der Waals surface area contributed by atoms with Crippen LogP contribution in [-0.2, 0) is 0 Å². The summed E-state index contributed by atoms with van der Waals surface area (Å²) in [7, 11) is 0. The Bertz CT molecular complexity index is 3490. The van der Waals surface area contributed by atoms with Crippen molar-refractivity contribution in [1.82, 2.24) is 15.0 Å². The van der Waals surface area contributed by atoms with Crippen molar-refractivity contribution in [3.05, 3.63) is 164 Å². The van der Waals surface area contributed by atoms with E-state index in [1.165, 1.54) is 94.9 Å². The number of benzene rings is 9. The van der Waals surface area contributed by atoms with Crippen LogP contribution in [0.15, 0.2) is 164 Å². The second-order valence-corrected chi connectivity index (χ2v) is 16.8. The van der Waals surface area contributed by atoms with Crippen molar-refractivity contribution in [2.75, 3.05) is 0 Å². The monoisotopic (exact) mass is 745 g/mol. The molecule has 1 aliphatic rings. The second kappa shape index (κ2) is 11.4. The van der Waals surface area contributed by atoms with Gasteiger partial charge in [0.15, 0.2) is 17.5 Å². The molecule has 0 bridgehead atoms. The maximum absolute atomic E-state index is 5.51. The molecule has 3 aromatic heterocycles. The molecule has 258 valence electrons. The number of hydrogen-bond acceptors (Lipinski definition) is 5. The third-order valence-electron chi connectivity index (χ3n) is 11.6. The first-order valence-corrected chi connectivity index (χ1v) is 20.5. The molecule has 0 fully saturated rings. The smallest absolute Gasteiger partial charge is 0.164 e. The summed E-state index contributed by atoms with van der Waals surface area (Å²) in [5, 5.41) is 12.2. The second-order valence-electron chi connectivity index (χ2n) is 14.7. The molecule has 56 heavy (non-hydrogen) atoms. The molecule has 0 saturated carbocycles. The van der Waals surface area contributed by atoms with Gasteiger partial charge in [0.25, 0.3) is 0 Å². The lowest BCUT2D eigenvalue weighted by atomic mass is 9.98. The zero-order valence-corrected chi connectivity index (χ0v) is 31.4. The van der Waals surface area contributed by atoms with E-state index in [1.807, 2.05) is 22.7 Å². The molecule has 0 radical (unpaired) electrons. The van der Waals surface area contributed by atoms with Gasteiger partial charge in [-0.25, -0.2) is 15.0 Å². The van der Waals surface area contributed by atoms with Crippen molar-refractivity contribution in [2.24, 2.45) is 0 Å². The average molecular weight is 746 g/mol. The third kappa shape index (κ3) is 4.24. The summed E-state index contributed by atoms with van der Waals surface area (Å²) in [6.07, 6.45) is 0. The minimum Gasteiger partial charge on any atom is -0.208 e. The summed E-state index contributed by atoms with van der Waals surface area (Å²) in [4.78, 5) is 16.4. The van der Waals surface area contributed by atoms with Crippen molar-refractivity contribution in [2.45, 2.75) is 0 Å². The Morgan fingerprint density at radius 3 is 1.38 bits per heavy atom. The Kier molecular flexibility index (Phi) is 6.20. The molecule has 3 heterocycles. The van der Waals surface area contributed by atoms with Gasteiger partial charge in [0.1, 0.15) is 0 Å². The van der Waals surface area contributed by atoms with Gasteiger partial charge in [0.2, 0.25) is 0 Å². The maximum atomic E-state index is 5.51. The molecule has 0 spiro atoms. The molecule has 0 aliphatic heterocycles. The van der Waals surface area contributed by atoms with Crippen LogP contribution in [0, 0.1) is 0 Å². The number of aromatic nitrogens is 3. The zero-order valence-electron chi connectivity index (χ0n) is 29.7. The summed E-state index contributed by atoms with van der Waals surface area (Å²) >= 11 is 3.68. The van der Waals surface area contributed by atoms with Crippen LogP contribution >= 0.6 is 22.7 Å². The van der Waals surface area contributed by atoms with Crippen molar-refractivity contribution < 1.29 is 0 Å². The number of fused-ring (bicyclic) bond motifs is 13. The zero-order chi connectivity index (χ0) is 36.5. The first-order chi connectivity index (χ1) is 27.7. The van der Waals surface area contributed by atoms with Gasteiger partial charge < -0.3 is 0 Å². The Morgan fingerprint density at radius 2 is 0.786 bits per heavy atom. The fraction of sp³-hybridized carbons (Fsp3) is 0. The van der Waals surface area contributed by atoms with Crippen LogP contribution in [0.3, 0.4) is 0 Å². The van der Waals surface area contributed by atoms with E-state index in [0.29, 0.717) is 17.5 Å². The van der Waals surface area contributed by atoms with Crippen molar-refractivity contribution >= 4 is 95.3 Å². The van der Waals surface area contributed by atoms with E-state index >= 15 is 0 Å². The Morgan fingerprint density at radius 1 is 0.304 bits per heavy atom. The molecule has 0 unspecified atom stereocenters. The Hall–Kier alpha value is -6.79. The van der Waals surface area contributed by atoms with Gasteiger partial charge in [-0.2, -0.15) is 0 Å². The Labute approximate surface area is 328 Å². The fourth-order valence-electron chi connectivity index (χ4n) is 9.15. The van der Waals surface area contributed by atoms with Gasteiger partial charge in [0.05, 0.1) is 0 Å². The minimum absolute atomic E-state index is 0.664. The molecular weight excluding hydrogens is 719 g/mol. The van der Waals surface area contributed by atoms with E-state index in [0.717, 1.165) is 16.7 Å². The van der Waals surface area contributed by atoms with E-state index in [4.69, 9.17) is 15.0 Å². The van der Waals surface area contributed by atoms with Crippen LogP contribution in [0.5, 0.6) is 0 Å². The number of nitrogens with zero attached hydrogens (tertiary/aromatic N) is 3. The summed E-state index contributed by atoms with van der Waals surface area (Å²) < 4.78 is 5.01. The average Bonchev–Trinajstić information content (AvgIpc) is 3.95. The standard InChI is InChI=1S/C51H27N3S2/c1-3-15-32-29(11-1)25-40(45-37-17-5-7-21-42(37)55-47(32)45)50-52-49(31-23-24-34-35-19-9-13-28-14-10-20-36(44(28)35)39(34)27-31)53-51(54-50)41-26-30-12-2-4-16-33(30)48-46(41)38-18-6-8-22-43(38)56-48/h1-27H. The van der Waals surface area contributed by atoms with Crippen molar-refractivity contribution in [3.63, 3.8) is 0 Å². The van der Waals surface area contributed by atoms with Crippen LogP contribution < -0.4 is 0 Å². The van der Waals surface area contributed by atoms with Crippen LogP contribution in [0.2, 0.25) is 0 Å². The predicted octanol–water partition coefficient (Wildman–Crippen LogP) is 14.7. The highest BCUT2D eigenvalue weighted by Gasteiger charge is 2.25. The van der Waals surface area contributed by atoms with Gasteiger partial charge >= 0.3 is 0 Å². The van der Waals surface area contributed by atoms with Crippen LogP contribution in [0.25, 0.3) is 129 Å². The van der Waals surface area contributed by atoms with Gasteiger partial charge in [-0.15, -0.1) is 22.7 Å². The molecule has 12 aromatic rings. The number of hydrogen-bond donors (Lipinski definition) is 0. The van der Waals surface area contributed by atoms with E-state index < -0.39 is 0 Å². The molecule has 3 nitrogen and oxygen atoms in total. The maximum Gasteiger partial charge on any atom is 0.164 e. The SMILES string of the molecule is c1cc2c3c(cccc3c1)-c1cc(-c3nc(-c4cc5ccccc5c5sc6ccccc6c45)nc(-c4cc5ccccc5c5sc6ccccc6c45)n3)ccc1-2. The van der Waals surface area contributed by atoms with Gasteiger partial charge in [-0.3, -0.25) is 0 Å². The lowest BCUT2D eigenvalue weighted by Gasteiger charge is -2.13. The van der Waals surface area contributed by atoms with E-state index in [2.05, 4.69) is 164 Å². The van der Waals surface area contributed by atoms with E-state index in [1.54, 1.807) is 0 Å². The molecule has 0 atom stereocenters. The van der Waals surface area contributed by atoms with E-state index in [-0.39, 0.29) is 0 Å². The molecule has 0 saturated heterocycles. The van der Waals surface area contributed by atoms with Gasteiger partial charge in [-0.05, 0) is 84.9 Å². The van der Waals surface area contributed by atoms with Crippen molar-refractivity contribution in [1.29, 1.82) is 0 Å². The number of thiophene rings is 2. The van der Waals surface area contributed by atoms with Gasteiger partial charge in [-0.1, -0.05) is 133 Å². The third-order valence-corrected chi connectivity index (χ3v) is 14.0. The van der Waals surface area contributed by atoms with Crippen LogP contribution in [-0.4, -0.2) is 15.0 Å². The largest absolute Gasteiger partial charge is 0.208 e. The van der Waals surface area contributed by atoms with Gasteiger partial charge in [0, 0.05) is 57.0 Å². The topological polar surface area (TPSA) is 38.7 Å². The highest BCUT2D eigenvalue weighted by Crippen LogP contribution is 2.49. The molecule has 5 heteroatoms. The summed E-state index contributed by atoms with van der Waals surface area (Å²) in [5.74, 6) is 2.02. The van der Waals surface area contributed by atoms with E-state index in [9.17, 15) is 0 Å². The highest BCUT2D eigenvalue weighted by molar-refractivity contribution is 7.27. The highest BCUT2D eigenvalue weighted by atomic mass is 32.1. The molecule has 13 rings (SSSR count). The summed E-state index contributed by atoms with van der Waals surface area (Å²) in [5.41, 5.74) is 8.01. The van der Waals surface area contributed by atoms with Crippen LogP contribution in [0.1, 0.15) is 0 Å². The number of rotatable bonds is 3. The summed E-state index contributed by atoms with van der Waals surface area (Å²) in [6.45, 7) is 0. The van der Waals surface area contributed by atoms with Crippen LogP contribution in [0.4, 0.5) is 0 Å². The first kappa shape index (κ1) is 30.5. The lowest BCUT2D eigenvalue weighted by molar-refractivity contribution is 1.08. The normalized spacial score (nSPS) is 12.3. The molecule has 0 N–H and O–H groups in total. The predicted molar refractivity (Wildman–Crippen MR) is 239 cm³/mol. The quantitative estimate of drug-likeness (QED) is 0.181. The van der Waals surface area contributed by atoms with Crippen molar-refractivity contribution in [3.8, 4) is 56.4 Å².